The molecule has 0 aliphatic carbocycles. The minimum Gasteiger partial charge on any atom is -0.351 e. The van der Waals surface area contributed by atoms with E-state index in [0.717, 1.165) is 13.0 Å². The molecule has 0 rings (SSSR count). The highest BCUT2D eigenvalue weighted by atomic mass is 16.8. The lowest BCUT2D eigenvalue weighted by Gasteiger charge is -2.09. The van der Waals surface area contributed by atoms with Crippen molar-refractivity contribution in [3.63, 3.8) is 0 Å². The second-order valence-electron chi connectivity index (χ2n) is 2.15. The first kappa shape index (κ1) is 9.88. The van der Waals surface area contributed by atoms with Crippen LogP contribution in [0.1, 0.15) is 27.2 Å². The molecular formula is C7H17NO2. The van der Waals surface area contributed by atoms with Gasteiger partial charge in [-0.05, 0) is 13.3 Å². The van der Waals surface area contributed by atoms with Crippen molar-refractivity contribution in [3.05, 3.63) is 0 Å². The van der Waals surface area contributed by atoms with E-state index in [4.69, 9.17) is 9.57 Å². The molecule has 0 aromatic carbocycles. The summed E-state index contributed by atoms with van der Waals surface area (Å²) in [4.78, 5) is 4.88. The van der Waals surface area contributed by atoms with Crippen molar-refractivity contribution in [1.29, 1.82) is 0 Å². The monoisotopic (exact) mass is 147 g/mol. The lowest BCUT2D eigenvalue weighted by atomic mass is 10.3. The first-order valence-corrected chi connectivity index (χ1v) is 3.77. The van der Waals surface area contributed by atoms with Gasteiger partial charge >= 0.3 is 0 Å². The largest absolute Gasteiger partial charge is 0.351 e. The molecule has 62 valence electrons. The molecule has 0 amide bonds. The Morgan fingerprint density at radius 3 is 2.60 bits per heavy atom. The normalized spacial score (nSPS) is 13.5. The third-order valence-electron chi connectivity index (χ3n) is 1.23. The highest BCUT2D eigenvalue weighted by molar-refractivity contribution is 4.40. The van der Waals surface area contributed by atoms with Gasteiger partial charge in [-0.15, -0.1) is 0 Å². The molecule has 0 spiro atoms. The van der Waals surface area contributed by atoms with Crippen LogP contribution in [-0.4, -0.2) is 19.4 Å². The SMILES string of the molecule is CCNOCOC(C)CC. The number of rotatable bonds is 6. The summed E-state index contributed by atoms with van der Waals surface area (Å²) in [6, 6.07) is 0. The second-order valence-corrected chi connectivity index (χ2v) is 2.15. The van der Waals surface area contributed by atoms with E-state index >= 15 is 0 Å². The molecule has 3 heteroatoms. The number of hydrogen-bond acceptors (Lipinski definition) is 3. The molecule has 0 aliphatic heterocycles. The molecule has 0 saturated carbocycles. The Balaban J connectivity index is 2.89. The van der Waals surface area contributed by atoms with E-state index in [1.807, 2.05) is 13.8 Å². The van der Waals surface area contributed by atoms with Crippen LogP contribution in [0.5, 0.6) is 0 Å². The maximum atomic E-state index is 5.21. The van der Waals surface area contributed by atoms with Crippen molar-refractivity contribution in [2.45, 2.75) is 33.3 Å². The Morgan fingerprint density at radius 1 is 1.40 bits per heavy atom. The minimum absolute atomic E-state index is 0.290. The lowest BCUT2D eigenvalue weighted by molar-refractivity contribution is -0.121. The molecule has 0 fully saturated rings. The van der Waals surface area contributed by atoms with Gasteiger partial charge in [0.1, 0.15) is 0 Å². The van der Waals surface area contributed by atoms with Gasteiger partial charge in [0.25, 0.3) is 0 Å². The Kier molecular flexibility index (Phi) is 6.91. The predicted octanol–water partition coefficient (Wildman–Crippen LogP) is 1.30. The number of hydrogen-bond donors (Lipinski definition) is 1. The molecule has 10 heavy (non-hydrogen) atoms. The maximum absolute atomic E-state index is 5.21. The van der Waals surface area contributed by atoms with E-state index < -0.39 is 0 Å². The summed E-state index contributed by atoms with van der Waals surface area (Å²) < 4.78 is 5.21. The van der Waals surface area contributed by atoms with E-state index in [2.05, 4.69) is 12.4 Å². The van der Waals surface area contributed by atoms with Crippen LogP contribution in [0.25, 0.3) is 0 Å². The Morgan fingerprint density at radius 2 is 2.10 bits per heavy atom. The van der Waals surface area contributed by atoms with Gasteiger partial charge in [0, 0.05) is 6.54 Å². The van der Waals surface area contributed by atoms with Crippen LogP contribution in [-0.2, 0) is 9.57 Å². The quantitative estimate of drug-likeness (QED) is 0.349. The standard InChI is InChI=1S/C7H17NO2/c1-4-7(3)9-6-10-8-5-2/h7-8H,4-6H2,1-3H3. The maximum Gasteiger partial charge on any atom is 0.167 e. The Labute approximate surface area is 62.7 Å². The van der Waals surface area contributed by atoms with Gasteiger partial charge in [-0.2, -0.15) is 0 Å². The Bertz CT molecular complexity index is 68.6. The van der Waals surface area contributed by atoms with E-state index in [1.165, 1.54) is 0 Å². The fourth-order valence-electron chi connectivity index (χ4n) is 0.412. The van der Waals surface area contributed by atoms with Crippen LogP contribution in [0.3, 0.4) is 0 Å². The van der Waals surface area contributed by atoms with Gasteiger partial charge < -0.3 is 4.74 Å². The molecular weight excluding hydrogens is 130 g/mol. The van der Waals surface area contributed by atoms with Crippen LogP contribution < -0.4 is 5.48 Å². The van der Waals surface area contributed by atoms with Crippen LogP contribution in [0.2, 0.25) is 0 Å². The lowest BCUT2D eigenvalue weighted by Crippen LogP contribution is -2.18. The van der Waals surface area contributed by atoms with Gasteiger partial charge in [-0.1, -0.05) is 13.8 Å². The zero-order valence-electron chi connectivity index (χ0n) is 7.02. The summed E-state index contributed by atoms with van der Waals surface area (Å²) in [5, 5.41) is 0. The van der Waals surface area contributed by atoms with Crippen LogP contribution in [0.15, 0.2) is 0 Å². The smallest absolute Gasteiger partial charge is 0.167 e. The van der Waals surface area contributed by atoms with Crippen molar-refractivity contribution < 1.29 is 9.57 Å². The van der Waals surface area contributed by atoms with E-state index in [0.29, 0.717) is 12.9 Å². The summed E-state index contributed by atoms with van der Waals surface area (Å²) in [5.41, 5.74) is 2.70. The van der Waals surface area contributed by atoms with Gasteiger partial charge in [0.15, 0.2) is 6.79 Å². The highest BCUT2D eigenvalue weighted by Crippen LogP contribution is 1.93. The molecule has 0 bridgehead atoms. The molecule has 1 N–H and O–H groups in total. The Hall–Kier alpha value is -0.120. The highest BCUT2D eigenvalue weighted by Gasteiger charge is 1.95. The molecule has 0 saturated heterocycles. The van der Waals surface area contributed by atoms with Crippen LogP contribution in [0, 0.1) is 0 Å². The molecule has 1 unspecified atom stereocenters. The summed E-state index contributed by atoms with van der Waals surface area (Å²) in [6.07, 6.45) is 1.31. The minimum atomic E-state index is 0.290. The molecule has 0 aromatic heterocycles. The molecule has 3 nitrogen and oxygen atoms in total. The van der Waals surface area contributed by atoms with Crippen molar-refractivity contribution in [1.82, 2.24) is 5.48 Å². The van der Waals surface area contributed by atoms with E-state index in [1.54, 1.807) is 0 Å². The topological polar surface area (TPSA) is 30.5 Å². The van der Waals surface area contributed by atoms with Crippen LogP contribution >= 0.6 is 0 Å². The van der Waals surface area contributed by atoms with Crippen molar-refractivity contribution in [2.75, 3.05) is 13.3 Å². The average molecular weight is 147 g/mol. The number of hydroxylamine groups is 1. The first-order chi connectivity index (χ1) is 4.81. The summed E-state index contributed by atoms with van der Waals surface area (Å²) in [6.45, 7) is 7.23. The zero-order chi connectivity index (χ0) is 7.82. The third kappa shape index (κ3) is 6.01. The first-order valence-electron chi connectivity index (χ1n) is 3.77. The summed E-state index contributed by atoms with van der Waals surface area (Å²) in [7, 11) is 0. The van der Waals surface area contributed by atoms with Crippen molar-refractivity contribution in [2.24, 2.45) is 0 Å². The van der Waals surface area contributed by atoms with Crippen LogP contribution in [0.4, 0.5) is 0 Å². The summed E-state index contributed by atoms with van der Waals surface area (Å²) in [5.74, 6) is 0. The third-order valence-corrected chi connectivity index (χ3v) is 1.23. The fourth-order valence-corrected chi connectivity index (χ4v) is 0.412. The van der Waals surface area contributed by atoms with Crippen molar-refractivity contribution >= 4 is 0 Å². The van der Waals surface area contributed by atoms with E-state index in [-0.39, 0.29) is 0 Å². The average Bonchev–Trinajstić information content (AvgIpc) is 1.98. The fraction of sp³-hybridized carbons (Fsp3) is 1.00. The van der Waals surface area contributed by atoms with Gasteiger partial charge in [-0.25, -0.2) is 5.48 Å². The number of nitrogens with one attached hydrogen (secondary N) is 1. The van der Waals surface area contributed by atoms with E-state index in [9.17, 15) is 0 Å². The predicted molar refractivity (Wildman–Crippen MR) is 40.5 cm³/mol. The molecule has 0 radical (unpaired) electrons. The van der Waals surface area contributed by atoms with Gasteiger partial charge in [0.2, 0.25) is 0 Å². The molecule has 0 aromatic rings. The van der Waals surface area contributed by atoms with Gasteiger partial charge in [0.05, 0.1) is 6.10 Å². The summed E-state index contributed by atoms with van der Waals surface area (Å²) >= 11 is 0. The molecule has 1 atom stereocenters. The molecule has 0 heterocycles. The molecule has 0 aliphatic rings. The van der Waals surface area contributed by atoms with Crippen molar-refractivity contribution in [3.8, 4) is 0 Å². The van der Waals surface area contributed by atoms with Gasteiger partial charge in [-0.3, -0.25) is 4.84 Å². The number of ether oxygens (including phenoxy) is 1. The zero-order valence-corrected chi connectivity index (χ0v) is 7.02. The second kappa shape index (κ2) is 6.99.